The van der Waals surface area contributed by atoms with Crippen molar-refractivity contribution in [2.24, 2.45) is 4.99 Å². The van der Waals surface area contributed by atoms with Crippen LogP contribution in [0.2, 0.25) is 0 Å². The summed E-state index contributed by atoms with van der Waals surface area (Å²) in [5.41, 5.74) is 1.54. The van der Waals surface area contributed by atoms with Crippen LogP contribution in [0.25, 0.3) is 0 Å². The van der Waals surface area contributed by atoms with Gasteiger partial charge in [-0.05, 0) is 31.9 Å². The fourth-order valence-electron chi connectivity index (χ4n) is 1.92. The van der Waals surface area contributed by atoms with Gasteiger partial charge in [0.2, 0.25) is 0 Å². The van der Waals surface area contributed by atoms with Gasteiger partial charge in [-0.1, -0.05) is 24.3 Å². The fraction of sp³-hybridized carbons (Fsp3) is 0.588. The molecular formula is C17H29N3O3S. The van der Waals surface area contributed by atoms with E-state index < -0.39 is 9.84 Å². The monoisotopic (exact) mass is 355 g/mol. The number of sulfone groups is 1. The SMILES string of the molecule is CCNC(=NCc1ccc(CS(C)(=O)=O)cc1)NCC(C)(C)OC. The quantitative estimate of drug-likeness (QED) is 0.548. The van der Waals surface area contributed by atoms with E-state index in [0.29, 0.717) is 13.1 Å². The molecule has 0 aliphatic heterocycles. The molecule has 0 atom stereocenters. The van der Waals surface area contributed by atoms with Gasteiger partial charge in [-0.3, -0.25) is 0 Å². The van der Waals surface area contributed by atoms with Gasteiger partial charge < -0.3 is 15.4 Å². The molecule has 0 heterocycles. The van der Waals surface area contributed by atoms with Crippen LogP contribution in [0, 0.1) is 0 Å². The van der Waals surface area contributed by atoms with Gasteiger partial charge in [-0.2, -0.15) is 0 Å². The van der Waals surface area contributed by atoms with Crippen LogP contribution in [0.1, 0.15) is 31.9 Å². The van der Waals surface area contributed by atoms with E-state index in [4.69, 9.17) is 4.74 Å². The summed E-state index contributed by atoms with van der Waals surface area (Å²) in [5, 5.41) is 6.46. The van der Waals surface area contributed by atoms with Crippen LogP contribution < -0.4 is 10.6 Å². The second-order valence-corrected chi connectivity index (χ2v) is 8.54. The smallest absolute Gasteiger partial charge is 0.191 e. The van der Waals surface area contributed by atoms with Crippen molar-refractivity contribution in [1.29, 1.82) is 0 Å². The van der Waals surface area contributed by atoms with E-state index in [1.165, 1.54) is 6.26 Å². The van der Waals surface area contributed by atoms with Crippen molar-refractivity contribution in [3.63, 3.8) is 0 Å². The Morgan fingerprint density at radius 1 is 1.17 bits per heavy atom. The maximum absolute atomic E-state index is 11.3. The van der Waals surface area contributed by atoms with Crippen molar-refractivity contribution in [1.82, 2.24) is 10.6 Å². The number of ether oxygens (including phenoxy) is 1. The lowest BCUT2D eigenvalue weighted by molar-refractivity contribution is 0.0268. The summed E-state index contributed by atoms with van der Waals surface area (Å²) in [6.45, 7) is 7.95. The highest BCUT2D eigenvalue weighted by atomic mass is 32.2. The first-order chi connectivity index (χ1) is 11.1. The summed E-state index contributed by atoms with van der Waals surface area (Å²) in [6, 6.07) is 7.49. The molecule has 1 rings (SSSR count). The first kappa shape index (κ1) is 20.4. The van der Waals surface area contributed by atoms with Gasteiger partial charge in [0, 0.05) is 26.5 Å². The molecule has 0 spiro atoms. The number of aliphatic imine (C=N–C) groups is 1. The van der Waals surface area contributed by atoms with E-state index in [2.05, 4.69) is 15.6 Å². The molecule has 0 aliphatic rings. The van der Waals surface area contributed by atoms with Crippen LogP contribution in [0.3, 0.4) is 0 Å². The maximum atomic E-state index is 11.3. The third-order valence-corrected chi connectivity index (χ3v) is 4.31. The van der Waals surface area contributed by atoms with Crippen molar-refractivity contribution in [2.75, 3.05) is 26.5 Å². The zero-order chi connectivity index (χ0) is 18.2. The minimum Gasteiger partial charge on any atom is -0.377 e. The highest BCUT2D eigenvalue weighted by Gasteiger charge is 2.16. The third-order valence-electron chi connectivity index (χ3n) is 3.45. The molecule has 0 aliphatic carbocycles. The lowest BCUT2D eigenvalue weighted by Crippen LogP contribution is -2.45. The molecule has 1 aromatic carbocycles. The minimum atomic E-state index is -3.01. The number of rotatable bonds is 8. The number of nitrogens with one attached hydrogen (secondary N) is 2. The number of hydrogen-bond acceptors (Lipinski definition) is 4. The average molecular weight is 356 g/mol. The Labute approximate surface area is 145 Å². The van der Waals surface area contributed by atoms with Crippen LogP contribution in [-0.2, 0) is 26.9 Å². The summed E-state index contributed by atoms with van der Waals surface area (Å²) in [5.74, 6) is 0.787. The molecule has 0 radical (unpaired) electrons. The second kappa shape index (κ2) is 9.03. The Morgan fingerprint density at radius 2 is 1.75 bits per heavy atom. The summed E-state index contributed by atoms with van der Waals surface area (Å²) in [7, 11) is -1.32. The fourth-order valence-corrected chi connectivity index (χ4v) is 2.72. The van der Waals surface area contributed by atoms with Gasteiger partial charge in [-0.25, -0.2) is 13.4 Å². The maximum Gasteiger partial charge on any atom is 0.191 e. The first-order valence-electron chi connectivity index (χ1n) is 7.98. The van der Waals surface area contributed by atoms with Crippen LogP contribution in [0.5, 0.6) is 0 Å². The van der Waals surface area contributed by atoms with Gasteiger partial charge in [0.25, 0.3) is 0 Å². The summed E-state index contributed by atoms with van der Waals surface area (Å²) >= 11 is 0. The minimum absolute atomic E-state index is 0.0623. The molecule has 0 saturated carbocycles. The molecule has 0 unspecified atom stereocenters. The van der Waals surface area contributed by atoms with E-state index >= 15 is 0 Å². The van der Waals surface area contributed by atoms with Crippen LogP contribution >= 0.6 is 0 Å². The predicted molar refractivity (Wildman–Crippen MR) is 98.9 cm³/mol. The number of methoxy groups -OCH3 is 1. The Bertz CT molecular complexity index is 638. The van der Waals surface area contributed by atoms with Gasteiger partial charge in [0.05, 0.1) is 17.9 Å². The molecular weight excluding hydrogens is 326 g/mol. The molecule has 136 valence electrons. The van der Waals surface area contributed by atoms with E-state index in [-0.39, 0.29) is 11.4 Å². The molecule has 1 aromatic rings. The van der Waals surface area contributed by atoms with Crippen LogP contribution in [0.4, 0.5) is 0 Å². The average Bonchev–Trinajstić information content (AvgIpc) is 2.50. The third kappa shape index (κ3) is 8.31. The lowest BCUT2D eigenvalue weighted by Gasteiger charge is -2.24. The largest absolute Gasteiger partial charge is 0.377 e. The summed E-state index contributed by atoms with van der Waals surface area (Å²) in [6.07, 6.45) is 1.24. The van der Waals surface area contributed by atoms with Gasteiger partial charge in [0.1, 0.15) is 0 Å². The standard InChI is InChI=1S/C17H29N3O3S/c1-6-18-16(20-13-17(2,3)23-4)19-11-14-7-9-15(10-8-14)12-24(5,21)22/h7-10H,6,11-13H2,1-5H3,(H2,18,19,20). The molecule has 7 heteroatoms. The predicted octanol–water partition coefficient (Wildman–Crippen LogP) is 1.71. The molecule has 6 nitrogen and oxygen atoms in total. The Hall–Kier alpha value is -1.60. The molecule has 0 saturated heterocycles. The summed E-state index contributed by atoms with van der Waals surface area (Å²) < 4.78 is 28.0. The molecule has 2 N–H and O–H groups in total. The Kier molecular flexibility index (Phi) is 7.69. The Morgan fingerprint density at radius 3 is 2.25 bits per heavy atom. The summed E-state index contributed by atoms with van der Waals surface area (Å²) in [4.78, 5) is 4.55. The van der Waals surface area contributed by atoms with Gasteiger partial charge in [-0.15, -0.1) is 0 Å². The van der Waals surface area contributed by atoms with Crippen LogP contribution in [0.15, 0.2) is 29.3 Å². The Balaban J connectivity index is 2.68. The van der Waals surface area contributed by atoms with Crippen molar-refractivity contribution in [3.05, 3.63) is 35.4 Å². The van der Waals surface area contributed by atoms with E-state index in [1.54, 1.807) is 7.11 Å². The second-order valence-electron chi connectivity index (χ2n) is 6.40. The topological polar surface area (TPSA) is 79.8 Å². The zero-order valence-electron chi connectivity index (χ0n) is 15.2. The van der Waals surface area contributed by atoms with Crippen molar-refractivity contribution < 1.29 is 13.2 Å². The van der Waals surface area contributed by atoms with Gasteiger partial charge >= 0.3 is 0 Å². The van der Waals surface area contributed by atoms with Crippen molar-refractivity contribution in [3.8, 4) is 0 Å². The van der Waals surface area contributed by atoms with E-state index in [1.807, 2.05) is 45.0 Å². The molecule has 0 bridgehead atoms. The van der Waals surface area contributed by atoms with Crippen LogP contribution in [-0.4, -0.2) is 46.4 Å². The lowest BCUT2D eigenvalue weighted by atomic mass is 10.1. The van der Waals surface area contributed by atoms with E-state index in [9.17, 15) is 8.42 Å². The molecule has 0 fully saturated rings. The zero-order valence-corrected chi connectivity index (χ0v) is 16.0. The highest BCUT2D eigenvalue weighted by molar-refractivity contribution is 7.89. The van der Waals surface area contributed by atoms with Gasteiger partial charge in [0.15, 0.2) is 15.8 Å². The molecule has 0 aromatic heterocycles. The molecule has 24 heavy (non-hydrogen) atoms. The number of nitrogens with zero attached hydrogens (tertiary/aromatic N) is 1. The van der Waals surface area contributed by atoms with Crippen molar-refractivity contribution in [2.45, 2.75) is 38.7 Å². The first-order valence-corrected chi connectivity index (χ1v) is 10.0. The number of hydrogen-bond donors (Lipinski definition) is 2. The normalized spacial score (nSPS) is 13.0. The highest BCUT2D eigenvalue weighted by Crippen LogP contribution is 2.09. The number of guanidine groups is 1. The molecule has 0 amide bonds. The van der Waals surface area contributed by atoms with E-state index in [0.717, 1.165) is 23.6 Å². The number of benzene rings is 1. The van der Waals surface area contributed by atoms with Crippen molar-refractivity contribution >= 4 is 15.8 Å².